The summed E-state index contributed by atoms with van der Waals surface area (Å²) >= 11 is 1.72. The minimum absolute atomic E-state index is 0.311. The van der Waals surface area contributed by atoms with Crippen LogP contribution in [0.3, 0.4) is 0 Å². The predicted molar refractivity (Wildman–Crippen MR) is 83.9 cm³/mol. The molecule has 2 aromatic rings. The van der Waals surface area contributed by atoms with Gasteiger partial charge in [-0.15, -0.1) is 0 Å². The van der Waals surface area contributed by atoms with Crippen LogP contribution >= 0.6 is 11.8 Å². The Balaban J connectivity index is 2.11. The first-order chi connectivity index (χ1) is 9.70. The van der Waals surface area contributed by atoms with Gasteiger partial charge in [0, 0.05) is 11.3 Å². The maximum absolute atomic E-state index is 4.20. The molecular formula is C15H22N4S. The van der Waals surface area contributed by atoms with E-state index in [1.807, 2.05) is 0 Å². The van der Waals surface area contributed by atoms with E-state index in [9.17, 15) is 0 Å². The van der Waals surface area contributed by atoms with Crippen LogP contribution in [0.2, 0.25) is 0 Å². The number of aryl methyl sites for hydroxylation is 1. The number of nitrogens with one attached hydrogen (secondary N) is 2. The van der Waals surface area contributed by atoms with Crippen LogP contribution in [0.1, 0.15) is 37.4 Å². The summed E-state index contributed by atoms with van der Waals surface area (Å²) in [6, 6.07) is 9.06. The van der Waals surface area contributed by atoms with E-state index in [1.54, 1.807) is 18.1 Å². The van der Waals surface area contributed by atoms with E-state index in [2.05, 4.69) is 65.5 Å². The van der Waals surface area contributed by atoms with Crippen LogP contribution in [0.5, 0.6) is 0 Å². The molecule has 2 rings (SSSR count). The van der Waals surface area contributed by atoms with Gasteiger partial charge in [-0.05, 0) is 25.5 Å². The summed E-state index contributed by atoms with van der Waals surface area (Å²) in [6.07, 6.45) is 2.68. The molecule has 2 unspecified atom stereocenters. The smallest absolute Gasteiger partial charge is 0.183 e. The monoisotopic (exact) mass is 290 g/mol. The minimum atomic E-state index is 0.311. The second kappa shape index (κ2) is 7.45. The van der Waals surface area contributed by atoms with E-state index in [0.29, 0.717) is 11.3 Å². The van der Waals surface area contributed by atoms with E-state index in [1.165, 1.54) is 11.1 Å². The highest BCUT2D eigenvalue weighted by Crippen LogP contribution is 2.30. The van der Waals surface area contributed by atoms with Crippen LogP contribution in [-0.4, -0.2) is 27.0 Å². The Labute approximate surface area is 124 Å². The van der Waals surface area contributed by atoms with Crippen LogP contribution in [0.25, 0.3) is 0 Å². The number of hydrogen-bond acceptors (Lipinski definition) is 4. The third-order valence-corrected chi connectivity index (χ3v) is 4.27. The molecule has 0 aliphatic carbocycles. The van der Waals surface area contributed by atoms with E-state index >= 15 is 0 Å². The second-order valence-corrected chi connectivity index (χ2v) is 6.32. The zero-order valence-corrected chi connectivity index (χ0v) is 13.1. The molecule has 5 heteroatoms. The number of aromatic nitrogens is 3. The fourth-order valence-electron chi connectivity index (χ4n) is 2.12. The molecule has 1 heterocycles. The topological polar surface area (TPSA) is 53.6 Å². The number of thioether (sulfide) groups is 1. The normalized spacial score (nSPS) is 14.2. The minimum Gasteiger partial charge on any atom is -0.309 e. The van der Waals surface area contributed by atoms with Gasteiger partial charge in [-0.25, -0.2) is 4.98 Å². The first-order valence-electron chi connectivity index (χ1n) is 7.02. The van der Waals surface area contributed by atoms with Gasteiger partial charge in [0.1, 0.15) is 6.33 Å². The molecule has 0 fully saturated rings. The van der Waals surface area contributed by atoms with Crippen molar-refractivity contribution in [3.8, 4) is 0 Å². The molecule has 0 aliphatic rings. The molecule has 0 aliphatic heterocycles. The lowest BCUT2D eigenvalue weighted by molar-refractivity contribution is 0.527. The lowest BCUT2D eigenvalue weighted by Crippen LogP contribution is -2.29. The lowest BCUT2D eigenvalue weighted by atomic mass is 10.0. The second-order valence-electron chi connectivity index (χ2n) is 4.96. The van der Waals surface area contributed by atoms with Gasteiger partial charge in [0.15, 0.2) is 5.16 Å². The van der Waals surface area contributed by atoms with Gasteiger partial charge in [0.25, 0.3) is 0 Å². The predicted octanol–water partition coefficient (Wildman–Crippen LogP) is 3.33. The molecule has 1 aromatic heterocycles. The highest BCUT2D eigenvalue weighted by Gasteiger charge is 2.20. The van der Waals surface area contributed by atoms with Gasteiger partial charge in [0.2, 0.25) is 0 Å². The average Bonchev–Trinajstić information content (AvgIpc) is 2.94. The molecule has 0 spiro atoms. The van der Waals surface area contributed by atoms with Crippen molar-refractivity contribution in [2.75, 3.05) is 6.54 Å². The third kappa shape index (κ3) is 4.08. The third-order valence-electron chi connectivity index (χ3n) is 3.21. The van der Waals surface area contributed by atoms with Gasteiger partial charge in [0.05, 0.1) is 0 Å². The zero-order valence-electron chi connectivity index (χ0n) is 12.3. The van der Waals surface area contributed by atoms with Crippen LogP contribution in [0.15, 0.2) is 35.7 Å². The van der Waals surface area contributed by atoms with E-state index in [0.717, 1.165) is 18.1 Å². The molecule has 0 bridgehead atoms. The Morgan fingerprint density at radius 1 is 1.30 bits per heavy atom. The number of aromatic amines is 1. The maximum atomic E-state index is 4.20. The molecule has 108 valence electrons. The number of hydrogen-bond donors (Lipinski definition) is 2. The van der Waals surface area contributed by atoms with E-state index < -0.39 is 0 Å². The Kier molecular flexibility index (Phi) is 5.61. The molecule has 4 nitrogen and oxygen atoms in total. The van der Waals surface area contributed by atoms with Crippen LogP contribution in [-0.2, 0) is 0 Å². The summed E-state index contributed by atoms with van der Waals surface area (Å²) in [4.78, 5) is 4.20. The van der Waals surface area contributed by atoms with Crippen molar-refractivity contribution in [1.29, 1.82) is 0 Å². The van der Waals surface area contributed by atoms with Crippen LogP contribution in [0, 0.1) is 6.92 Å². The molecule has 0 saturated carbocycles. The Hall–Kier alpha value is -1.33. The van der Waals surface area contributed by atoms with Crippen molar-refractivity contribution < 1.29 is 0 Å². The van der Waals surface area contributed by atoms with Gasteiger partial charge in [-0.1, -0.05) is 55.4 Å². The van der Waals surface area contributed by atoms with Gasteiger partial charge >= 0.3 is 0 Å². The molecule has 2 N–H and O–H groups in total. The first-order valence-corrected chi connectivity index (χ1v) is 7.90. The van der Waals surface area contributed by atoms with E-state index in [-0.39, 0.29) is 0 Å². The molecular weight excluding hydrogens is 268 g/mol. The standard InChI is InChI=1S/C15H22N4S/c1-4-9-16-14(13-7-5-11(2)6-8-13)12(3)20-15-17-10-18-19-15/h5-8,10,12,14,16H,4,9H2,1-3H3,(H,17,18,19). The zero-order chi connectivity index (χ0) is 14.4. The Morgan fingerprint density at radius 3 is 2.65 bits per heavy atom. The summed E-state index contributed by atoms with van der Waals surface area (Å²) in [6.45, 7) is 7.54. The molecule has 0 radical (unpaired) electrons. The number of nitrogens with zero attached hydrogens (tertiary/aromatic N) is 2. The highest BCUT2D eigenvalue weighted by molar-refractivity contribution is 7.99. The molecule has 20 heavy (non-hydrogen) atoms. The number of H-pyrrole nitrogens is 1. The van der Waals surface area contributed by atoms with E-state index in [4.69, 9.17) is 0 Å². The summed E-state index contributed by atoms with van der Waals surface area (Å²) in [5.74, 6) is 0. The Morgan fingerprint density at radius 2 is 2.05 bits per heavy atom. The van der Waals surface area contributed by atoms with Crippen LogP contribution in [0.4, 0.5) is 0 Å². The average molecular weight is 290 g/mol. The summed E-state index contributed by atoms with van der Waals surface area (Å²) in [5.41, 5.74) is 2.61. The van der Waals surface area contributed by atoms with Crippen molar-refractivity contribution in [3.05, 3.63) is 41.7 Å². The first kappa shape index (κ1) is 15.1. The Bertz CT molecular complexity index is 495. The molecule has 0 saturated heterocycles. The van der Waals surface area contributed by atoms with Gasteiger partial charge < -0.3 is 5.32 Å². The summed E-state index contributed by atoms with van der Waals surface area (Å²) in [5, 5.41) is 11.7. The van der Waals surface area contributed by atoms with Gasteiger partial charge in [-0.3, -0.25) is 5.10 Å². The largest absolute Gasteiger partial charge is 0.309 e. The number of benzene rings is 1. The van der Waals surface area contributed by atoms with Crippen molar-refractivity contribution in [1.82, 2.24) is 20.5 Å². The summed E-state index contributed by atoms with van der Waals surface area (Å²) in [7, 11) is 0. The van der Waals surface area contributed by atoms with Crippen molar-refractivity contribution in [3.63, 3.8) is 0 Å². The number of rotatable bonds is 7. The fraction of sp³-hybridized carbons (Fsp3) is 0.467. The SMILES string of the molecule is CCCNC(c1ccc(C)cc1)C(C)Sc1ncn[nH]1. The highest BCUT2D eigenvalue weighted by atomic mass is 32.2. The molecule has 2 atom stereocenters. The van der Waals surface area contributed by atoms with Gasteiger partial charge in [-0.2, -0.15) is 5.10 Å². The van der Waals surface area contributed by atoms with Crippen molar-refractivity contribution in [2.45, 2.75) is 43.6 Å². The lowest BCUT2D eigenvalue weighted by Gasteiger charge is -2.24. The quantitative estimate of drug-likeness (QED) is 0.768. The van der Waals surface area contributed by atoms with Crippen molar-refractivity contribution in [2.24, 2.45) is 0 Å². The van der Waals surface area contributed by atoms with Crippen LogP contribution < -0.4 is 5.32 Å². The molecule has 0 amide bonds. The van der Waals surface area contributed by atoms with Crippen molar-refractivity contribution >= 4 is 11.8 Å². The molecule has 1 aromatic carbocycles. The fourth-order valence-corrected chi connectivity index (χ4v) is 3.08. The maximum Gasteiger partial charge on any atom is 0.183 e. The summed E-state index contributed by atoms with van der Waals surface area (Å²) < 4.78 is 0.